The average Bonchev–Trinajstić information content (AvgIpc) is 2.47. The van der Waals surface area contributed by atoms with Crippen LogP contribution in [0.15, 0.2) is 0 Å². The minimum absolute atomic E-state index is 0.108. The number of ether oxygens (including phenoxy) is 1. The second kappa shape index (κ2) is 11.1. The number of carbonyl (C=O) groups is 1. The molecule has 0 aliphatic carbocycles. The maximum atomic E-state index is 12.0. The van der Waals surface area contributed by atoms with Crippen molar-refractivity contribution in [2.75, 3.05) is 13.2 Å². The Morgan fingerprint density at radius 2 is 1.48 bits per heavy atom. The van der Waals surface area contributed by atoms with E-state index in [1.807, 2.05) is 34.6 Å². The Kier molecular flexibility index (Phi) is 11.9. The molecule has 0 aromatic carbocycles. The summed E-state index contributed by atoms with van der Waals surface area (Å²) in [5.41, 5.74) is -0.419. The first-order valence-corrected chi connectivity index (χ1v) is 9.42. The number of hydrogen-bond donors (Lipinski definition) is 1. The molecule has 0 radical (unpaired) electrons. The summed E-state index contributed by atoms with van der Waals surface area (Å²) in [5.74, 6) is 0.108. The summed E-state index contributed by atoms with van der Waals surface area (Å²) in [7, 11) is 0. The predicted molar refractivity (Wildman–Crippen MR) is 102 cm³/mol. The van der Waals surface area contributed by atoms with Crippen LogP contribution < -0.4 is 5.32 Å². The van der Waals surface area contributed by atoms with Crippen LogP contribution in [0, 0.1) is 10.8 Å². The van der Waals surface area contributed by atoms with E-state index in [0.717, 1.165) is 12.8 Å². The van der Waals surface area contributed by atoms with Gasteiger partial charge >= 0.3 is 0 Å². The fraction of sp³-hybridized carbons (Fsp3) is 0.950. The standard InChI is InChI=1S/C18H37NO2.C2H6/c1-9-11-12-17(5,6)18(7,8)21-14-13-16(3,4)15(20)19-10-2;1-2/h9-14H2,1-8H3,(H,19,20);1-2H3. The predicted octanol–water partition coefficient (Wildman–Crippen LogP) is 5.58. The van der Waals surface area contributed by atoms with Crippen molar-refractivity contribution in [3.63, 3.8) is 0 Å². The van der Waals surface area contributed by atoms with Crippen molar-refractivity contribution in [2.45, 2.75) is 101 Å². The summed E-state index contributed by atoms with van der Waals surface area (Å²) >= 11 is 0. The largest absolute Gasteiger partial charge is 0.375 e. The molecule has 0 saturated heterocycles. The highest BCUT2D eigenvalue weighted by Gasteiger charge is 2.38. The van der Waals surface area contributed by atoms with Gasteiger partial charge in [-0.25, -0.2) is 0 Å². The first-order valence-electron chi connectivity index (χ1n) is 9.42. The Labute approximate surface area is 146 Å². The summed E-state index contributed by atoms with van der Waals surface area (Å²) in [6.45, 7) is 22.3. The molecule has 1 amide bonds. The van der Waals surface area contributed by atoms with Crippen LogP contribution in [0.25, 0.3) is 0 Å². The second-order valence-electron chi connectivity index (χ2n) is 7.84. The van der Waals surface area contributed by atoms with Crippen LogP contribution in [0.1, 0.15) is 94.9 Å². The maximum Gasteiger partial charge on any atom is 0.225 e. The zero-order chi connectivity index (χ0) is 18.7. The van der Waals surface area contributed by atoms with Crippen LogP contribution in [0.2, 0.25) is 0 Å². The summed E-state index contributed by atoms with van der Waals surface area (Å²) in [6, 6.07) is 0. The van der Waals surface area contributed by atoms with Crippen molar-refractivity contribution in [2.24, 2.45) is 10.8 Å². The van der Waals surface area contributed by atoms with Gasteiger partial charge in [0.1, 0.15) is 0 Å². The summed E-state index contributed by atoms with van der Waals surface area (Å²) in [5, 5.41) is 2.90. The molecular formula is C20H43NO2. The lowest BCUT2D eigenvalue weighted by Gasteiger charge is -2.42. The molecule has 0 aromatic rings. The minimum Gasteiger partial charge on any atom is -0.375 e. The first-order chi connectivity index (χ1) is 10.5. The molecule has 23 heavy (non-hydrogen) atoms. The Morgan fingerprint density at radius 3 is 1.91 bits per heavy atom. The van der Waals surface area contributed by atoms with Crippen LogP contribution in [-0.2, 0) is 9.53 Å². The lowest BCUT2D eigenvalue weighted by Crippen LogP contribution is -2.43. The zero-order valence-corrected chi connectivity index (χ0v) is 17.6. The Hall–Kier alpha value is -0.570. The van der Waals surface area contributed by atoms with E-state index in [9.17, 15) is 4.79 Å². The third kappa shape index (κ3) is 8.74. The van der Waals surface area contributed by atoms with Gasteiger partial charge < -0.3 is 10.1 Å². The second-order valence-corrected chi connectivity index (χ2v) is 7.84. The monoisotopic (exact) mass is 329 g/mol. The van der Waals surface area contributed by atoms with Gasteiger partial charge in [0, 0.05) is 18.6 Å². The van der Waals surface area contributed by atoms with Crippen molar-refractivity contribution in [3.05, 3.63) is 0 Å². The van der Waals surface area contributed by atoms with Gasteiger partial charge in [-0.3, -0.25) is 4.79 Å². The number of carbonyl (C=O) groups excluding carboxylic acids is 1. The van der Waals surface area contributed by atoms with Crippen molar-refractivity contribution in [1.82, 2.24) is 5.32 Å². The Balaban J connectivity index is 0. The van der Waals surface area contributed by atoms with Gasteiger partial charge in [0.05, 0.1) is 5.60 Å². The molecule has 0 aliphatic heterocycles. The van der Waals surface area contributed by atoms with Gasteiger partial charge in [-0.1, -0.05) is 61.3 Å². The van der Waals surface area contributed by atoms with Gasteiger partial charge in [0.25, 0.3) is 0 Å². The fourth-order valence-corrected chi connectivity index (χ4v) is 2.19. The SMILES string of the molecule is CC.CCCCC(C)(C)C(C)(C)OCCC(C)(C)C(=O)NCC. The highest BCUT2D eigenvalue weighted by atomic mass is 16.5. The minimum atomic E-state index is -0.375. The molecule has 3 heteroatoms. The normalized spacial score (nSPS) is 12.4. The molecule has 140 valence electrons. The molecule has 0 rings (SSSR count). The van der Waals surface area contributed by atoms with Gasteiger partial charge in [-0.05, 0) is 39.0 Å². The maximum absolute atomic E-state index is 12.0. The zero-order valence-electron chi connectivity index (χ0n) is 17.6. The van der Waals surface area contributed by atoms with Crippen molar-refractivity contribution >= 4 is 5.91 Å². The molecule has 0 fully saturated rings. The molecule has 0 saturated carbocycles. The van der Waals surface area contributed by atoms with E-state index in [1.165, 1.54) is 12.8 Å². The van der Waals surface area contributed by atoms with E-state index < -0.39 is 0 Å². The number of hydrogen-bond acceptors (Lipinski definition) is 2. The smallest absolute Gasteiger partial charge is 0.225 e. The highest BCUT2D eigenvalue weighted by Crippen LogP contribution is 2.38. The molecule has 0 aliphatic rings. The topological polar surface area (TPSA) is 38.3 Å². The Morgan fingerprint density at radius 1 is 0.957 bits per heavy atom. The number of amides is 1. The Bertz CT molecular complexity index is 320. The van der Waals surface area contributed by atoms with Gasteiger partial charge in [-0.15, -0.1) is 0 Å². The van der Waals surface area contributed by atoms with Crippen LogP contribution >= 0.6 is 0 Å². The van der Waals surface area contributed by atoms with Gasteiger partial charge in [0.15, 0.2) is 0 Å². The lowest BCUT2D eigenvalue weighted by atomic mass is 9.73. The van der Waals surface area contributed by atoms with Crippen LogP contribution in [0.5, 0.6) is 0 Å². The third-order valence-electron chi connectivity index (χ3n) is 4.93. The van der Waals surface area contributed by atoms with E-state index >= 15 is 0 Å². The van der Waals surface area contributed by atoms with E-state index in [2.05, 4.69) is 39.9 Å². The molecule has 1 N–H and O–H groups in total. The summed E-state index contributed by atoms with van der Waals surface area (Å²) in [4.78, 5) is 12.0. The highest BCUT2D eigenvalue weighted by molar-refractivity contribution is 5.81. The van der Waals surface area contributed by atoms with E-state index in [4.69, 9.17) is 4.74 Å². The van der Waals surface area contributed by atoms with E-state index in [0.29, 0.717) is 13.2 Å². The van der Waals surface area contributed by atoms with E-state index in [1.54, 1.807) is 0 Å². The fourth-order valence-electron chi connectivity index (χ4n) is 2.19. The summed E-state index contributed by atoms with van der Waals surface area (Å²) in [6.07, 6.45) is 4.34. The van der Waals surface area contributed by atoms with Crippen LogP contribution in [0.3, 0.4) is 0 Å². The number of nitrogens with one attached hydrogen (secondary N) is 1. The quantitative estimate of drug-likeness (QED) is 0.568. The third-order valence-corrected chi connectivity index (χ3v) is 4.93. The summed E-state index contributed by atoms with van der Waals surface area (Å²) < 4.78 is 6.18. The molecule has 3 nitrogen and oxygen atoms in total. The number of unbranched alkanes of at least 4 members (excludes halogenated alkanes) is 1. The average molecular weight is 330 g/mol. The van der Waals surface area contributed by atoms with Crippen molar-refractivity contribution < 1.29 is 9.53 Å². The molecule has 0 atom stereocenters. The van der Waals surface area contributed by atoms with Crippen molar-refractivity contribution in [1.29, 1.82) is 0 Å². The van der Waals surface area contributed by atoms with Crippen LogP contribution in [-0.4, -0.2) is 24.7 Å². The molecule has 0 aromatic heterocycles. The van der Waals surface area contributed by atoms with Crippen molar-refractivity contribution in [3.8, 4) is 0 Å². The van der Waals surface area contributed by atoms with Crippen LogP contribution in [0.4, 0.5) is 0 Å². The molecule has 0 spiro atoms. The molecule has 0 unspecified atom stereocenters. The first kappa shape index (κ1) is 24.7. The van der Waals surface area contributed by atoms with E-state index in [-0.39, 0.29) is 22.3 Å². The lowest BCUT2D eigenvalue weighted by molar-refractivity contribution is -0.134. The van der Waals surface area contributed by atoms with Gasteiger partial charge in [0.2, 0.25) is 5.91 Å². The molecule has 0 heterocycles. The molecular weight excluding hydrogens is 286 g/mol. The number of rotatable bonds is 10. The molecule has 0 bridgehead atoms. The van der Waals surface area contributed by atoms with Gasteiger partial charge in [-0.2, -0.15) is 0 Å².